The van der Waals surface area contributed by atoms with Gasteiger partial charge in [0.1, 0.15) is 0 Å². The fourth-order valence-electron chi connectivity index (χ4n) is 3.46. The lowest BCUT2D eigenvalue weighted by Gasteiger charge is -2.42. The van der Waals surface area contributed by atoms with Crippen LogP contribution in [0.4, 0.5) is 0 Å². The summed E-state index contributed by atoms with van der Waals surface area (Å²) in [5.74, 6) is -0.655. The van der Waals surface area contributed by atoms with Crippen molar-refractivity contribution in [2.45, 2.75) is 52.5 Å². The number of hydrogen-bond donors (Lipinski definition) is 1. The van der Waals surface area contributed by atoms with Gasteiger partial charge < -0.3 is 5.11 Å². The van der Waals surface area contributed by atoms with Gasteiger partial charge >= 0.3 is 5.97 Å². The lowest BCUT2D eigenvalue weighted by Crippen LogP contribution is -2.48. The summed E-state index contributed by atoms with van der Waals surface area (Å²) in [6.07, 6.45) is 6.75. The zero-order valence-corrected chi connectivity index (χ0v) is 13.2. The molecule has 5 heteroatoms. The number of nitrogens with zero attached hydrogens (tertiary/aromatic N) is 3. The first-order valence-corrected chi connectivity index (χ1v) is 7.75. The molecule has 2 unspecified atom stereocenters. The normalized spacial score (nSPS) is 24.7. The van der Waals surface area contributed by atoms with Crippen LogP contribution in [-0.2, 0) is 4.79 Å². The summed E-state index contributed by atoms with van der Waals surface area (Å²) in [6.45, 7) is 7.64. The van der Waals surface area contributed by atoms with Crippen LogP contribution in [-0.4, -0.2) is 39.0 Å². The third kappa shape index (κ3) is 3.23. The van der Waals surface area contributed by atoms with Gasteiger partial charge in [-0.2, -0.15) is 0 Å². The molecule has 1 aliphatic heterocycles. The van der Waals surface area contributed by atoms with Crippen LogP contribution in [0.25, 0.3) is 0 Å². The summed E-state index contributed by atoms with van der Waals surface area (Å²) < 4.78 is 0. The van der Waals surface area contributed by atoms with Gasteiger partial charge in [-0.05, 0) is 39.7 Å². The monoisotopic (exact) mass is 291 g/mol. The Morgan fingerprint density at radius 2 is 2.19 bits per heavy atom. The van der Waals surface area contributed by atoms with Crippen LogP contribution in [0.5, 0.6) is 0 Å². The van der Waals surface area contributed by atoms with Gasteiger partial charge in [0.2, 0.25) is 0 Å². The molecule has 0 bridgehead atoms. The Kier molecular flexibility index (Phi) is 4.93. The Bertz CT molecular complexity index is 502. The van der Waals surface area contributed by atoms with E-state index >= 15 is 0 Å². The van der Waals surface area contributed by atoms with E-state index in [-0.39, 0.29) is 6.04 Å². The van der Waals surface area contributed by atoms with Crippen molar-refractivity contribution in [3.63, 3.8) is 0 Å². The Balaban J connectivity index is 2.20. The zero-order chi connectivity index (χ0) is 15.5. The molecule has 0 aliphatic carbocycles. The Morgan fingerprint density at radius 3 is 2.81 bits per heavy atom. The number of carboxylic acid groups (broad SMARTS) is 1. The lowest BCUT2D eigenvalue weighted by atomic mass is 9.76. The fraction of sp³-hybridized carbons (Fsp3) is 0.688. The van der Waals surface area contributed by atoms with Gasteiger partial charge in [-0.3, -0.25) is 19.7 Å². The Labute approximate surface area is 126 Å². The van der Waals surface area contributed by atoms with Crippen molar-refractivity contribution in [2.75, 3.05) is 13.1 Å². The standard InChI is InChI=1S/C16H25N3O2/c1-4-6-16(15(20)21)7-5-10-19(11-16)13(3)14-12(2)17-8-9-18-14/h8-9,13H,4-7,10-11H2,1-3H3,(H,20,21). The van der Waals surface area contributed by atoms with Crippen molar-refractivity contribution in [1.82, 2.24) is 14.9 Å². The maximum Gasteiger partial charge on any atom is 0.310 e. The summed E-state index contributed by atoms with van der Waals surface area (Å²) in [4.78, 5) is 22.8. The minimum absolute atomic E-state index is 0.106. The molecule has 21 heavy (non-hydrogen) atoms. The predicted molar refractivity (Wildman–Crippen MR) is 81.0 cm³/mol. The summed E-state index contributed by atoms with van der Waals surface area (Å²) in [5, 5.41) is 9.69. The highest BCUT2D eigenvalue weighted by molar-refractivity contribution is 5.75. The molecule has 1 aromatic heterocycles. The minimum atomic E-state index is -0.655. The van der Waals surface area contributed by atoms with Crippen LogP contribution in [0.15, 0.2) is 12.4 Å². The predicted octanol–water partition coefficient (Wildman–Crippen LogP) is 2.81. The number of aryl methyl sites for hydroxylation is 1. The molecular formula is C16H25N3O2. The molecule has 0 saturated carbocycles. The third-order valence-corrected chi connectivity index (χ3v) is 4.65. The number of aliphatic carboxylic acids is 1. The Hall–Kier alpha value is -1.49. The highest BCUT2D eigenvalue weighted by atomic mass is 16.4. The van der Waals surface area contributed by atoms with E-state index in [2.05, 4.69) is 28.7 Å². The van der Waals surface area contributed by atoms with Crippen LogP contribution < -0.4 is 0 Å². The van der Waals surface area contributed by atoms with Crippen molar-refractivity contribution >= 4 is 5.97 Å². The zero-order valence-electron chi connectivity index (χ0n) is 13.2. The second-order valence-electron chi connectivity index (χ2n) is 6.11. The maximum absolute atomic E-state index is 11.8. The first kappa shape index (κ1) is 15.9. The number of carboxylic acids is 1. The lowest BCUT2D eigenvalue weighted by molar-refractivity contribution is -0.154. The number of aromatic nitrogens is 2. The summed E-state index contributed by atoms with van der Waals surface area (Å²) in [6, 6.07) is 0.106. The van der Waals surface area contributed by atoms with Gasteiger partial charge in [0, 0.05) is 18.9 Å². The van der Waals surface area contributed by atoms with Gasteiger partial charge in [0.05, 0.1) is 22.8 Å². The molecule has 1 N–H and O–H groups in total. The van der Waals surface area contributed by atoms with E-state index in [0.29, 0.717) is 6.54 Å². The fourth-order valence-corrected chi connectivity index (χ4v) is 3.46. The molecule has 0 aromatic carbocycles. The van der Waals surface area contributed by atoms with Crippen LogP contribution in [0.2, 0.25) is 0 Å². The first-order chi connectivity index (χ1) is 10.00. The van der Waals surface area contributed by atoms with Crippen molar-refractivity contribution in [2.24, 2.45) is 5.41 Å². The first-order valence-electron chi connectivity index (χ1n) is 7.75. The van der Waals surface area contributed by atoms with E-state index in [1.807, 2.05) is 6.92 Å². The smallest absolute Gasteiger partial charge is 0.310 e. The van der Waals surface area contributed by atoms with Gasteiger partial charge in [-0.15, -0.1) is 0 Å². The van der Waals surface area contributed by atoms with Crippen LogP contribution in [0.3, 0.4) is 0 Å². The maximum atomic E-state index is 11.8. The quantitative estimate of drug-likeness (QED) is 0.903. The summed E-state index contributed by atoms with van der Waals surface area (Å²) in [7, 11) is 0. The molecule has 5 nitrogen and oxygen atoms in total. The van der Waals surface area contributed by atoms with E-state index in [1.165, 1.54) is 0 Å². The molecule has 1 aromatic rings. The number of piperidine rings is 1. The van der Waals surface area contributed by atoms with Crippen LogP contribution in [0, 0.1) is 12.3 Å². The number of carbonyl (C=O) groups is 1. The second kappa shape index (κ2) is 6.52. The molecule has 0 spiro atoms. The molecule has 0 radical (unpaired) electrons. The molecule has 2 atom stereocenters. The Morgan fingerprint density at radius 1 is 1.48 bits per heavy atom. The van der Waals surface area contributed by atoms with Crippen molar-refractivity contribution in [1.29, 1.82) is 0 Å². The third-order valence-electron chi connectivity index (χ3n) is 4.65. The number of likely N-dealkylation sites (tertiary alicyclic amines) is 1. The van der Waals surface area contributed by atoms with E-state index < -0.39 is 11.4 Å². The average molecular weight is 291 g/mol. The molecule has 1 aliphatic rings. The molecule has 2 rings (SSSR count). The van der Waals surface area contributed by atoms with Crippen molar-refractivity contribution in [3.8, 4) is 0 Å². The molecule has 1 fully saturated rings. The minimum Gasteiger partial charge on any atom is -0.481 e. The molecule has 2 heterocycles. The summed E-state index contributed by atoms with van der Waals surface area (Å²) in [5.41, 5.74) is 1.28. The second-order valence-corrected chi connectivity index (χ2v) is 6.11. The molecular weight excluding hydrogens is 266 g/mol. The average Bonchev–Trinajstić information content (AvgIpc) is 2.47. The van der Waals surface area contributed by atoms with Gasteiger partial charge in [0.25, 0.3) is 0 Å². The molecule has 116 valence electrons. The SMILES string of the molecule is CCCC1(C(=O)O)CCCN(C(C)c2nccnc2C)C1. The molecule has 0 amide bonds. The van der Waals surface area contributed by atoms with Gasteiger partial charge in [-0.1, -0.05) is 13.3 Å². The van der Waals surface area contributed by atoms with Crippen molar-refractivity contribution < 1.29 is 9.90 Å². The highest BCUT2D eigenvalue weighted by Gasteiger charge is 2.42. The van der Waals surface area contributed by atoms with E-state index in [1.54, 1.807) is 12.4 Å². The van der Waals surface area contributed by atoms with Gasteiger partial charge in [-0.25, -0.2) is 0 Å². The van der Waals surface area contributed by atoms with Crippen LogP contribution >= 0.6 is 0 Å². The summed E-state index contributed by atoms with van der Waals surface area (Å²) >= 11 is 0. The topological polar surface area (TPSA) is 66.3 Å². The van der Waals surface area contributed by atoms with Crippen LogP contribution in [0.1, 0.15) is 57.0 Å². The van der Waals surface area contributed by atoms with Gasteiger partial charge in [0.15, 0.2) is 0 Å². The molecule has 1 saturated heterocycles. The van der Waals surface area contributed by atoms with Crippen molar-refractivity contribution in [3.05, 3.63) is 23.8 Å². The largest absolute Gasteiger partial charge is 0.481 e. The van der Waals surface area contributed by atoms with E-state index in [0.717, 1.165) is 43.6 Å². The van der Waals surface area contributed by atoms with E-state index in [9.17, 15) is 9.90 Å². The van der Waals surface area contributed by atoms with E-state index in [4.69, 9.17) is 0 Å². The number of rotatable bonds is 5. The highest BCUT2D eigenvalue weighted by Crippen LogP contribution is 2.38. The number of hydrogen-bond acceptors (Lipinski definition) is 4.